The van der Waals surface area contributed by atoms with Gasteiger partial charge in [-0.25, -0.2) is 9.97 Å². The Bertz CT molecular complexity index is 626. The van der Waals surface area contributed by atoms with Crippen LogP contribution in [-0.2, 0) is 4.79 Å². The smallest absolute Gasteiger partial charge is 0.313 e. The van der Waals surface area contributed by atoms with Gasteiger partial charge in [0.2, 0.25) is 0 Å². The molecule has 0 aliphatic rings. The number of hydrogen-bond acceptors (Lipinski definition) is 4. The molecule has 1 aromatic heterocycles. The lowest BCUT2D eigenvalue weighted by Crippen LogP contribution is -2.00. The van der Waals surface area contributed by atoms with Gasteiger partial charge in [-0.05, 0) is 44.0 Å². The Morgan fingerprint density at radius 1 is 1.17 bits per heavy atom. The van der Waals surface area contributed by atoms with Crippen molar-refractivity contribution in [1.29, 1.82) is 0 Å². The number of thioether (sulfide) groups is 1. The molecule has 0 fully saturated rings. The van der Waals surface area contributed by atoms with E-state index in [0.29, 0.717) is 5.03 Å². The van der Waals surface area contributed by atoms with Gasteiger partial charge in [0.1, 0.15) is 5.03 Å². The van der Waals surface area contributed by atoms with Crippen LogP contribution >= 0.6 is 11.8 Å². The molecule has 0 bridgehead atoms. The van der Waals surface area contributed by atoms with Crippen molar-refractivity contribution in [2.45, 2.75) is 25.8 Å². The summed E-state index contributed by atoms with van der Waals surface area (Å²) in [7, 11) is 0. The quantitative estimate of drug-likeness (QED) is 0.862. The van der Waals surface area contributed by atoms with Gasteiger partial charge in [0.15, 0.2) is 0 Å². The number of aliphatic carboxylic acids is 1. The van der Waals surface area contributed by atoms with E-state index in [2.05, 4.69) is 9.97 Å². The largest absolute Gasteiger partial charge is 0.481 e. The minimum absolute atomic E-state index is 0.00582. The highest BCUT2D eigenvalue weighted by molar-refractivity contribution is 7.99. The number of nitrogens with zero attached hydrogens (tertiary/aromatic N) is 2. The van der Waals surface area contributed by atoms with Crippen molar-refractivity contribution in [3.05, 3.63) is 29.0 Å². The Morgan fingerprint density at radius 2 is 1.72 bits per heavy atom. The lowest BCUT2D eigenvalue weighted by molar-refractivity contribution is -0.133. The molecule has 2 rings (SSSR count). The average Bonchev–Trinajstić information content (AvgIpc) is 2.29. The number of carboxylic acids is 1. The molecular formula is C13H14N2O2S. The zero-order valence-electron chi connectivity index (χ0n) is 10.5. The van der Waals surface area contributed by atoms with E-state index in [1.807, 2.05) is 32.9 Å². The summed E-state index contributed by atoms with van der Waals surface area (Å²) in [6.45, 7) is 5.92. The van der Waals surface area contributed by atoms with Gasteiger partial charge in [0, 0.05) is 0 Å². The van der Waals surface area contributed by atoms with E-state index >= 15 is 0 Å². The SMILES string of the molecule is Cc1cc2nc(C)c(SCC(=O)O)nc2cc1C. The molecule has 1 aromatic carbocycles. The van der Waals surface area contributed by atoms with E-state index < -0.39 is 5.97 Å². The summed E-state index contributed by atoms with van der Waals surface area (Å²) < 4.78 is 0. The fourth-order valence-electron chi connectivity index (χ4n) is 1.65. The summed E-state index contributed by atoms with van der Waals surface area (Å²) in [6, 6.07) is 4.00. The Labute approximate surface area is 109 Å². The summed E-state index contributed by atoms with van der Waals surface area (Å²) in [5, 5.41) is 9.38. The topological polar surface area (TPSA) is 63.1 Å². The van der Waals surface area contributed by atoms with E-state index in [1.54, 1.807) is 0 Å². The highest BCUT2D eigenvalue weighted by Gasteiger charge is 2.09. The maximum absolute atomic E-state index is 10.6. The fraction of sp³-hybridized carbons (Fsp3) is 0.308. The molecule has 2 aromatic rings. The molecule has 0 spiro atoms. The molecule has 0 radical (unpaired) electrons. The average molecular weight is 262 g/mol. The van der Waals surface area contributed by atoms with Gasteiger partial charge in [0.05, 0.1) is 22.5 Å². The summed E-state index contributed by atoms with van der Waals surface area (Å²) >= 11 is 1.21. The molecule has 0 atom stereocenters. The maximum atomic E-state index is 10.6. The molecule has 18 heavy (non-hydrogen) atoms. The van der Waals surface area contributed by atoms with Crippen molar-refractivity contribution in [3.8, 4) is 0 Å². The van der Waals surface area contributed by atoms with Crippen LogP contribution in [0.25, 0.3) is 11.0 Å². The van der Waals surface area contributed by atoms with Crippen LogP contribution in [-0.4, -0.2) is 26.8 Å². The monoisotopic (exact) mass is 262 g/mol. The van der Waals surface area contributed by atoms with Gasteiger partial charge in [0.25, 0.3) is 0 Å². The molecule has 0 aliphatic carbocycles. The van der Waals surface area contributed by atoms with Crippen molar-refractivity contribution in [2.24, 2.45) is 0 Å². The molecule has 0 aliphatic heterocycles. The second-order valence-corrected chi connectivity index (χ2v) is 5.19. The van der Waals surface area contributed by atoms with Gasteiger partial charge in [-0.2, -0.15) is 0 Å². The van der Waals surface area contributed by atoms with Gasteiger partial charge in [-0.3, -0.25) is 4.79 Å². The van der Waals surface area contributed by atoms with Crippen LogP contribution in [0.15, 0.2) is 17.2 Å². The summed E-state index contributed by atoms with van der Waals surface area (Å²) in [4.78, 5) is 19.5. The van der Waals surface area contributed by atoms with E-state index in [1.165, 1.54) is 17.3 Å². The van der Waals surface area contributed by atoms with Gasteiger partial charge < -0.3 is 5.11 Å². The van der Waals surface area contributed by atoms with E-state index in [-0.39, 0.29) is 5.75 Å². The Hall–Kier alpha value is -1.62. The standard InChI is InChI=1S/C13H14N2O2S/c1-7-4-10-11(5-8(7)2)15-13(9(3)14-10)18-6-12(16)17/h4-5H,6H2,1-3H3,(H,16,17). The molecule has 1 N–H and O–H groups in total. The van der Waals surface area contributed by atoms with Crippen molar-refractivity contribution >= 4 is 28.8 Å². The summed E-state index contributed by atoms with van der Waals surface area (Å²) in [6.07, 6.45) is 0. The third kappa shape index (κ3) is 2.61. The lowest BCUT2D eigenvalue weighted by Gasteiger charge is -2.07. The number of fused-ring (bicyclic) bond motifs is 1. The predicted molar refractivity (Wildman–Crippen MR) is 72.1 cm³/mol. The normalized spacial score (nSPS) is 10.8. The molecule has 0 unspecified atom stereocenters. The molecule has 0 saturated carbocycles. The maximum Gasteiger partial charge on any atom is 0.313 e. The van der Waals surface area contributed by atoms with E-state index in [9.17, 15) is 4.79 Å². The minimum atomic E-state index is -0.846. The van der Waals surface area contributed by atoms with Crippen molar-refractivity contribution in [1.82, 2.24) is 9.97 Å². The molecule has 94 valence electrons. The Morgan fingerprint density at radius 3 is 2.28 bits per heavy atom. The van der Waals surface area contributed by atoms with Crippen molar-refractivity contribution in [3.63, 3.8) is 0 Å². The molecule has 1 heterocycles. The second-order valence-electron chi connectivity index (χ2n) is 4.22. The first kappa shape index (κ1) is 12.8. The van der Waals surface area contributed by atoms with E-state index in [0.717, 1.165) is 22.3 Å². The zero-order chi connectivity index (χ0) is 13.3. The molecule has 0 saturated heterocycles. The van der Waals surface area contributed by atoms with Crippen molar-refractivity contribution in [2.75, 3.05) is 5.75 Å². The summed E-state index contributed by atoms with van der Waals surface area (Å²) in [5.41, 5.74) is 4.79. The molecule has 4 nitrogen and oxygen atoms in total. The summed E-state index contributed by atoms with van der Waals surface area (Å²) in [5.74, 6) is -0.840. The van der Waals surface area contributed by atoms with Crippen molar-refractivity contribution < 1.29 is 9.90 Å². The molecular weight excluding hydrogens is 248 g/mol. The molecule has 5 heteroatoms. The fourth-order valence-corrected chi connectivity index (χ4v) is 2.33. The Kier molecular flexibility index (Phi) is 3.52. The van der Waals surface area contributed by atoms with Crippen LogP contribution in [0.4, 0.5) is 0 Å². The number of rotatable bonds is 3. The highest BCUT2D eigenvalue weighted by Crippen LogP contribution is 2.23. The van der Waals surface area contributed by atoms with Crippen LogP contribution in [0.2, 0.25) is 0 Å². The number of aryl methyl sites for hydroxylation is 3. The van der Waals surface area contributed by atoms with Crippen LogP contribution in [0.1, 0.15) is 16.8 Å². The number of aromatic nitrogens is 2. The number of benzene rings is 1. The Balaban J connectivity index is 2.47. The van der Waals surface area contributed by atoms with Crippen LogP contribution < -0.4 is 0 Å². The first-order valence-corrected chi connectivity index (χ1v) is 6.56. The van der Waals surface area contributed by atoms with Crippen LogP contribution in [0.5, 0.6) is 0 Å². The lowest BCUT2D eigenvalue weighted by atomic mass is 10.1. The van der Waals surface area contributed by atoms with Gasteiger partial charge in [-0.15, -0.1) is 0 Å². The number of carboxylic acid groups (broad SMARTS) is 1. The van der Waals surface area contributed by atoms with Gasteiger partial charge in [-0.1, -0.05) is 11.8 Å². The minimum Gasteiger partial charge on any atom is -0.481 e. The first-order chi connectivity index (χ1) is 8.47. The predicted octanol–water partition coefficient (Wildman–Crippen LogP) is 2.73. The van der Waals surface area contributed by atoms with Gasteiger partial charge >= 0.3 is 5.97 Å². The van der Waals surface area contributed by atoms with Crippen LogP contribution in [0, 0.1) is 20.8 Å². The molecule has 0 amide bonds. The number of hydrogen-bond donors (Lipinski definition) is 1. The zero-order valence-corrected chi connectivity index (χ0v) is 11.3. The second kappa shape index (κ2) is 4.94. The highest BCUT2D eigenvalue weighted by atomic mass is 32.2. The third-order valence-electron chi connectivity index (χ3n) is 2.74. The van der Waals surface area contributed by atoms with Crippen LogP contribution in [0.3, 0.4) is 0 Å². The van der Waals surface area contributed by atoms with E-state index in [4.69, 9.17) is 5.11 Å². The number of carbonyl (C=O) groups is 1. The first-order valence-electron chi connectivity index (χ1n) is 5.57. The third-order valence-corrected chi connectivity index (χ3v) is 3.79.